The second kappa shape index (κ2) is 7.11. The molecule has 4 rings (SSSR count). The molecule has 0 aliphatic heterocycles. The van der Waals surface area contributed by atoms with Crippen LogP contribution in [0.15, 0.2) is 54.6 Å². The van der Waals surface area contributed by atoms with E-state index < -0.39 is 5.97 Å². The molecule has 1 aliphatic rings. The molecule has 0 atom stereocenters. The monoisotopic (exact) mass is 360 g/mol. The Morgan fingerprint density at radius 3 is 2.59 bits per heavy atom. The van der Waals surface area contributed by atoms with Crippen molar-refractivity contribution in [2.24, 2.45) is 0 Å². The highest BCUT2D eigenvalue weighted by atomic mass is 16.5. The molecule has 0 spiro atoms. The average Bonchev–Trinajstić information content (AvgIpc) is 3.12. The summed E-state index contributed by atoms with van der Waals surface area (Å²) in [5.41, 5.74) is 4.65. The van der Waals surface area contributed by atoms with E-state index in [9.17, 15) is 9.59 Å². The van der Waals surface area contributed by atoms with E-state index >= 15 is 0 Å². The van der Waals surface area contributed by atoms with Crippen LogP contribution in [0.5, 0.6) is 0 Å². The zero-order valence-corrected chi connectivity index (χ0v) is 15.0. The third-order valence-electron chi connectivity index (χ3n) is 4.88. The van der Waals surface area contributed by atoms with Gasteiger partial charge in [0.1, 0.15) is 0 Å². The van der Waals surface area contributed by atoms with Gasteiger partial charge in [-0.2, -0.15) is 0 Å². The predicted octanol–water partition coefficient (Wildman–Crippen LogP) is 3.78. The summed E-state index contributed by atoms with van der Waals surface area (Å²) in [5, 5.41) is 8.51. The van der Waals surface area contributed by atoms with Crippen LogP contribution >= 0.6 is 0 Å². The molecule has 27 heavy (non-hydrogen) atoms. The quantitative estimate of drug-likeness (QED) is 0.680. The molecule has 1 amide bonds. The van der Waals surface area contributed by atoms with Crippen LogP contribution in [0.4, 0.5) is 11.4 Å². The molecule has 3 aromatic carbocycles. The van der Waals surface area contributed by atoms with Gasteiger partial charge in [0.05, 0.1) is 19.2 Å². The van der Waals surface area contributed by atoms with Crippen LogP contribution in [0, 0.1) is 0 Å². The summed E-state index contributed by atoms with van der Waals surface area (Å²) in [7, 11) is 1.33. The molecule has 2 N–H and O–H groups in total. The fourth-order valence-corrected chi connectivity index (χ4v) is 3.62. The van der Waals surface area contributed by atoms with Crippen molar-refractivity contribution < 1.29 is 14.3 Å². The van der Waals surface area contributed by atoms with Gasteiger partial charge in [-0.1, -0.05) is 30.3 Å². The lowest BCUT2D eigenvalue weighted by Gasteiger charge is -2.12. The summed E-state index contributed by atoms with van der Waals surface area (Å²) in [6.07, 6.45) is 2.15. The second-order valence-corrected chi connectivity index (χ2v) is 6.59. The molecule has 5 heteroatoms. The van der Waals surface area contributed by atoms with Gasteiger partial charge in [-0.3, -0.25) is 4.79 Å². The number of nitrogens with one attached hydrogen (secondary N) is 2. The maximum absolute atomic E-state index is 12.3. The van der Waals surface area contributed by atoms with E-state index in [2.05, 4.69) is 34.9 Å². The Kier molecular flexibility index (Phi) is 4.50. The third kappa shape index (κ3) is 3.36. The maximum Gasteiger partial charge on any atom is 0.337 e. The zero-order chi connectivity index (χ0) is 18.8. The Morgan fingerprint density at radius 2 is 1.78 bits per heavy atom. The second-order valence-electron chi connectivity index (χ2n) is 6.59. The number of methoxy groups -OCH3 is 1. The number of hydrogen-bond acceptors (Lipinski definition) is 4. The number of carbonyl (C=O) groups is 2. The number of hydrogen-bond donors (Lipinski definition) is 2. The summed E-state index contributed by atoms with van der Waals surface area (Å²) >= 11 is 0. The summed E-state index contributed by atoms with van der Waals surface area (Å²) in [6.45, 7) is 0.140. The smallest absolute Gasteiger partial charge is 0.337 e. The van der Waals surface area contributed by atoms with Gasteiger partial charge < -0.3 is 15.4 Å². The van der Waals surface area contributed by atoms with Crippen molar-refractivity contribution in [3.05, 3.63) is 71.3 Å². The molecule has 136 valence electrons. The van der Waals surface area contributed by atoms with Crippen LogP contribution in [-0.2, 0) is 22.4 Å². The van der Waals surface area contributed by atoms with Gasteiger partial charge in [0.25, 0.3) is 0 Å². The lowest BCUT2D eigenvalue weighted by atomic mass is 10.0. The molecular weight excluding hydrogens is 340 g/mol. The topological polar surface area (TPSA) is 67.4 Å². The normalized spacial score (nSPS) is 12.0. The number of aryl methyl sites for hydroxylation is 2. The molecule has 0 fully saturated rings. The number of rotatable bonds is 5. The lowest BCUT2D eigenvalue weighted by molar-refractivity contribution is -0.114. The average molecular weight is 360 g/mol. The van der Waals surface area contributed by atoms with E-state index in [0.717, 1.165) is 23.9 Å². The van der Waals surface area contributed by atoms with E-state index in [4.69, 9.17) is 4.74 Å². The molecule has 0 saturated carbocycles. The van der Waals surface area contributed by atoms with E-state index in [1.807, 2.05) is 6.07 Å². The van der Waals surface area contributed by atoms with Crippen molar-refractivity contribution in [1.29, 1.82) is 0 Å². The van der Waals surface area contributed by atoms with Crippen LogP contribution in [0.25, 0.3) is 10.8 Å². The molecule has 0 radical (unpaired) electrons. The highest BCUT2D eigenvalue weighted by Gasteiger charge is 2.16. The van der Waals surface area contributed by atoms with Crippen molar-refractivity contribution in [2.75, 3.05) is 24.3 Å². The van der Waals surface area contributed by atoms with Crippen LogP contribution in [0.3, 0.4) is 0 Å². The number of ether oxygens (including phenoxy) is 1. The Bertz CT molecular complexity index is 1030. The van der Waals surface area contributed by atoms with Crippen LogP contribution in [0.2, 0.25) is 0 Å². The fraction of sp³-hybridized carbons (Fsp3) is 0.182. The van der Waals surface area contributed by atoms with Gasteiger partial charge in [-0.25, -0.2) is 4.79 Å². The Balaban J connectivity index is 1.46. The fourth-order valence-electron chi connectivity index (χ4n) is 3.62. The van der Waals surface area contributed by atoms with Crippen molar-refractivity contribution >= 4 is 34.0 Å². The summed E-state index contributed by atoms with van der Waals surface area (Å²) < 4.78 is 4.70. The minimum atomic E-state index is -0.433. The zero-order valence-electron chi connectivity index (χ0n) is 15.0. The molecule has 0 bridgehead atoms. The van der Waals surface area contributed by atoms with Crippen LogP contribution in [-0.4, -0.2) is 25.5 Å². The molecule has 0 heterocycles. The maximum atomic E-state index is 12.3. The minimum Gasteiger partial charge on any atom is -0.465 e. The molecule has 5 nitrogen and oxygen atoms in total. The molecule has 0 aromatic heterocycles. The lowest BCUT2D eigenvalue weighted by Crippen LogP contribution is -2.22. The summed E-state index contributed by atoms with van der Waals surface area (Å²) in [6, 6.07) is 17.2. The first-order valence-corrected chi connectivity index (χ1v) is 8.91. The van der Waals surface area contributed by atoms with Gasteiger partial charge in [-0.15, -0.1) is 0 Å². The third-order valence-corrected chi connectivity index (χ3v) is 4.88. The first-order chi connectivity index (χ1) is 13.2. The van der Waals surface area contributed by atoms with Crippen molar-refractivity contribution in [3.8, 4) is 0 Å². The molecular formula is C22H20N2O3. The van der Waals surface area contributed by atoms with E-state index in [-0.39, 0.29) is 12.5 Å². The first-order valence-electron chi connectivity index (χ1n) is 8.91. The molecule has 0 saturated heterocycles. The van der Waals surface area contributed by atoms with Crippen molar-refractivity contribution in [2.45, 2.75) is 12.8 Å². The highest BCUT2D eigenvalue weighted by Crippen LogP contribution is 2.34. The minimum absolute atomic E-state index is 0.140. The highest BCUT2D eigenvalue weighted by molar-refractivity contribution is 6.01. The van der Waals surface area contributed by atoms with Gasteiger partial charge >= 0.3 is 5.97 Å². The molecule has 0 unspecified atom stereocenters. The standard InChI is InChI=1S/C22H20N2O3/c1-27-22(26)16-5-2-6-17(12-16)24-20(25)13-23-19-11-10-15-9-8-14-4-3-7-18(19)21(14)15/h2-7,10-12,23H,8-9,13H2,1H3,(H,24,25). The van der Waals surface area contributed by atoms with E-state index in [0.29, 0.717) is 11.3 Å². The van der Waals surface area contributed by atoms with Crippen molar-refractivity contribution in [3.63, 3.8) is 0 Å². The van der Waals surface area contributed by atoms with Gasteiger partial charge in [0.15, 0.2) is 0 Å². The number of esters is 1. The van der Waals surface area contributed by atoms with Crippen molar-refractivity contribution in [1.82, 2.24) is 0 Å². The Labute approximate surface area is 157 Å². The van der Waals surface area contributed by atoms with Crippen LogP contribution < -0.4 is 10.6 Å². The molecule has 3 aromatic rings. The summed E-state index contributed by atoms with van der Waals surface area (Å²) in [5.74, 6) is -0.614. The SMILES string of the molecule is COC(=O)c1cccc(NC(=O)CNc2ccc3c4c(cccc24)CC3)c1. The number of carbonyl (C=O) groups excluding carboxylic acids is 2. The number of anilines is 2. The molecule has 1 aliphatic carbocycles. The number of amides is 1. The van der Waals surface area contributed by atoms with E-state index in [1.165, 1.54) is 23.6 Å². The van der Waals surface area contributed by atoms with Gasteiger partial charge in [0, 0.05) is 16.8 Å². The van der Waals surface area contributed by atoms with E-state index in [1.54, 1.807) is 24.3 Å². The van der Waals surface area contributed by atoms with Gasteiger partial charge in [-0.05, 0) is 53.6 Å². The largest absolute Gasteiger partial charge is 0.465 e. The van der Waals surface area contributed by atoms with Gasteiger partial charge in [0.2, 0.25) is 5.91 Å². The number of benzene rings is 3. The Morgan fingerprint density at radius 1 is 1.00 bits per heavy atom. The van der Waals surface area contributed by atoms with Crippen LogP contribution in [0.1, 0.15) is 21.5 Å². The predicted molar refractivity (Wildman–Crippen MR) is 106 cm³/mol. The Hall–Kier alpha value is -3.34. The summed E-state index contributed by atoms with van der Waals surface area (Å²) in [4.78, 5) is 23.9. The first kappa shape index (κ1) is 17.1.